The molecule has 1 aliphatic rings. The van der Waals surface area contributed by atoms with Crippen LogP contribution in [0, 0.1) is 0 Å². The van der Waals surface area contributed by atoms with E-state index in [0.717, 1.165) is 30.2 Å². The minimum atomic E-state index is -0.0500. The minimum Gasteiger partial charge on any atom is -0.497 e. The van der Waals surface area contributed by atoms with Crippen molar-refractivity contribution in [2.24, 2.45) is 0 Å². The molecule has 124 valence electrons. The quantitative estimate of drug-likeness (QED) is 0.818. The van der Waals surface area contributed by atoms with Gasteiger partial charge in [0.05, 0.1) is 33.4 Å². The van der Waals surface area contributed by atoms with Crippen molar-refractivity contribution in [2.45, 2.75) is 19.1 Å². The largest absolute Gasteiger partial charge is 0.497 e. The Morgan fingerprint density at radius 1 is 1.41 bits per heavy atom. The Morgan fingerprint density at radius 2 is 2.23 bits per heavy atom. The van der Waals surface area contributed by atoms with Crippen molar-refractivity contribution in [1.29, 1.82) is 0 Å². The fraction of sp³-hybridized carbons (Fsp3) is 0.533. The second kappa shape index (κ2) is 9.50. The van der Waals surface area contributed by atoms with Crippen molar-refractivity contribution in [2.75, 3.05) is 33.9 Å². The molecular formula is C15H23ClN2O4. The van der Waals surface area contributed by atoms with Crippen molar-refractivity contribution >= 4 is 18.3 Å². The number of halogens is 1. The van der Waals surface area contributed by atoms with Gasteiger partial charge < -0.3 is 24.8 Å². The molecule has 1 aromatic rings. The maximum Gasteiger partial charge on any atom is 0.222 e. The van der Waals surface area contributed by atoms with Crippen LogP contribution in [0.1, 0.15) is 12.0 Å². The van der Waals surface area contributed by atoms with E-state index in [0.29, 0.717) is 19.6 Å². The van der Waals surface area contributed by atoms with Gasteiger partial charge in [-0.25, -0.2) is 0 Å². The van der Waals surface area contributed by atoms with E-state index in [1.165, 1.54) is 0 Å². The van der Waals surface area contributed by atoms with Crippen LogP contribution in [-0.2, 0) is 16.1 Å². The minimum absolute atomic E-state index is 0. The third-order valence-electron chi connectivity index (χ3n) is 3.38. The van der Waals surface area contributed by atoms with Crippen LogP contribution in [0.5, 0.6) is 11.5 Å². The highest BCUT2D eigenvalue weighted by molar-refractivity contribution is 5.85. The Bertz CT molecular complexity index is 479. The van der Waals surface area contributed by atoms with Crippen LogP contribution in [-0.4, -0.2) is 45.9 Å². The highest BCUT2D eigenvalue weighted by Gasteiger charge is 2.17. The molecule has 0 aliphatic carbocycles. The van der Waals surface area contributed by atoms with Gasteiger partial charge in [0, 0.05) is 25.2 Å². The smallest absolute Gasteiger partial charge is 0.222 e. The van der Waals surface area contributed by atoms with Gasteiger partial charge >= 0.3 is 0 Å². The molecule has 1 heterocycles. The van der Waals surface area contributed by atoms with Crippen LogP contribution >= 0.6 is 12.4 Å². The first kappa shape index (κ1) is 18.5. The molecule has 2 rings (SSSR count). The van der Waals surface area contributed by atoms with Crippen LogP contribution in [0.2, 0.25) is 0 Å². The van der Waals surface area contributed by atoms with Crippen molar-refractivity contribution in [3.05, 3.63) is 23.8 Å². The molecule has 1 amide bonds. The second-order valence-corrected chi connectivity index (χ2v) is 4.86. The summed E-state index contributed by atoms with van der Waals surface area (Å²) in [6, 6.07) is 5.51. The van der Waals surface area contributed by atoms with Gasteiger partial charge in [-0.1, -0.05) is 0 Å². The van der Waals surface area contributed by atoms with E-state index < -0.39 is 0 Å². The zero-order valence-corrected chi connectivity index (χ0v) is 13.7. The van der Waals surface area contributed by atoms with Crippen LogP contribution in [0.3, 0.4) is 0 Å². The summed E-state index contributed by atoms with van der Waals surface area (Å²) in [5, 5.41) is 6.10. The van der Waals surface area contributed by atoms with Crippen molar-refractivity contribution in [1.82, 2.24) is 10.6 Å². The molecule has 0 aromatic heterocycles. The molecule has 0 bridgehead atoms. The number of rotatable bonds is 6. The summed E-state index contributed by atoms with van der Waals surface area (Å²) in [4.78, 5) is 11.9. The molecule has 7 heteroatoms. The molecule has 1 aromatic carbocycles. The SMILES string of the molecule is COc1ccc(OC)c(CNC(=O)CC2CNCCO2)c1.Cl. The molecule has 1 aliphatic heterocycles. The zero-order chi connectivity index (χ0) is 15.1. The summed E-state index contributed by atoms with van der Waals surface area (Å²) < 4.78 is 16.0. The lowest BCUT2D eigenvalue weighted by molar-refractivity contribution is -0.124. The Balaban J connectivity index is 0.00000242. The van der Waals surface area contributed by atoms with Gasteiger partial charge in [0.2, 0.25) is 5.91 Å². The first-order valence-corrected chi connectivity index (χ1v) is 7.03. The maximum atomic E-state index is 11.9. The number of hydrogen-bond donors (Lipinski definition) is 2. The number of nitrogens with one attached hydrogen (secondary N) is 2. The summed E-state index contributed by atoms with van der Waals surface area (Å²) in [6.07, 6.45) is 0.310. The van der Waals surface area contributed by atoms with Crippen LogP contribution in [0.4, 0.5) is 0 Å². The molecule has 6 nitrogen and oxygen atoms in total. The van der Waals surface area contributed by atoms with Crippen LogP contribution < -0.4 is 20.1 Å². The van der Waals surface area contributed by atoms with Gasteiger partial charge in [-0.05, 0) is 18.2 Å². The Hall–Kier alpha value is -1.50. The van der Waals surface area contributed by atoms with E-state index >= 15 is 0 Å². The predicted octanol–water partition coefficient (Wildman–Crippen LogP) is 1.12. The number of benzene rings is 1. The summed E-state index contributed by atoms with van der Waals surface area (Å²) in [5.41, 5.74) is 0.882. The van der Waals surface area contributed by atoms with Crippen molar-refractivity contribution in [3.8, 4) is 11.5 Å². The summed E-state index contributed by atoms with van der Waals surface area (Å²) in [6.45, 7) is 2.62. The first-order valence-electron chi connectivity index (χ1n) is 7.03. The van der Waals surface area contributed by atoms with Crippen LogP contribution in [0.15, 0.2) is 18.2 Å². The van der Waals surface area contributed by atoms with Gasteiger partial charge in [0.1, 0.15) is 11.5 Å². The average Bonchev–Trinajstić information content (AvgIpc) is 2.53. The molecule has 0 radical (unpaired) electrons. The summed E-state index contributed by atoms with van der Waals surface area (Å²) >= 11 is 0. The topological polar surface area (TPSA) is 68.8 Å². The van der Waals surface area contributed by atoms with E-state index in [9.17, 15) is 4.79 Å². The molecule has 1 saturated heterocycles. The number of morpholine rings is 1. The lowest BCUT2D eigenvalue weighted by Crippen LogP contribution is -2.41. The van der Waals surface area contributed by atoms with Gasteiger partial charge in [-0.15, -0.1) is 12.4 Å². The van der Waals surface area contributed by atoms with Gasteiger partial charge in [0.25, 0.3) is 0 Å². The first-order chi connectivity index (χ1) is 10.2. The predicted molar refractivity (Wildman–Crippen MR) is 85.9 cm³/mol. The lowest BCUT2D eigenvalue weighted by atomic mass is 10.1. The summed E-state index contributed by atoms with van der Waals surface area (Å²) in [5.74, 6) is 1.43. The van der Waals surface area contributed by atoms with Gasteiger partial charge in [-0.2, -0.15) is 0 Å². The van der Waals surface area contributed by atoms with Gasteiger partial charge in [0.15, 0.2) is 0 Å². The average molecular weight is 331 g/mol. The fourth-order valence-electron chi connectivity index (χ4n) is 2.24. The van der Waals surface area contributed by atoms with E-state index in [1.54, 1.807) is 14.2 Å². The standard InChI is InChI=1S/C15H22N2O4.ClH/c1-19-12-3-4-14(20-2)11(7-12)9-17-15(18)8-13-10-16-5-6-21-13;/h3-4,7,13,16H,5-6,8-10H2,1-2H3,(H,17,18);1H. The normalized spacial score (nSPS) is 17.3. The number of hydrogen-bond acceptors (Lipinski definition) is 5. The number of carbonyl (C=O) groups is 1. The number of amides is 1. The van der Waals surface area contributed by atoms with Crippen LogP contribution in [0.25, 0.3) is 0 Å². The molecule has 22 heavy (non-hydrogen) atoms. The number of methoxy groups -OCH3 is 2. The van der Waals surface area contributed by atoms with E-state index in [1.807, 2.05) is 18.2 Å². The van der Waals surface area contributed by atoms with Crippen molar-refractivity contribution in [3.63, 3.8) is 0 Å². The Morgan fingerprint density at radius 3 is 2.86 bits per heavy atom. The van der Waals surface area contributed by atoms with Crippen molar-refractivity contribution < 1.29 is 19.0 Å². The summed E-state index contributed by atoms with van der Waals surface area (Å²) in [7, 11) is 3.21. The molecular weight excluding hydrogens is 308 g/mol. The van der Waals surface area contributed by atoms with Gasteiger partial charge in [-0.3, -0.25) is 4.79 Å². The Labute approximate surface area is 136 Å². The molecule has 1 atom stereocenters. The molecule has 0 spiro atoms. The van der Waals surface area contributed by atoms with E-state index in [-0.39, 0.29) is 24.4 Å². The third-order valence-corrected chi connectivity index (χ3v) is 3.38. The third kappa shape index (κ3) is 5.36. The zero-order valence-electron chi connectivity index (χ0n) is 12.9. The van der Waals surface area contributed by atoms with E-state index in [2.05, 4.69) is 10.6 Å². The molecule has 2 N–H and O–H groups in total. The lowest BCUT2D eigenvalue weighted by Gasteiger charge is -2.23. The van der Waals surface area contributed by atoms with E-state index in [4.69, 9.17) is 14.2 Å². The highest BCUT2D eigenvalue weighted by Crippen LogP contribution is 2.23. The fourth-order valence-corrected chi connectivity index (χ4v) is 2.24. The second-order valence-electron chi connectivity index (χ2n) is 4.86. The number of ether oxygens (including phenoxy) is 3. The maximum absolute atomic E-state index is 11.9. The molecule has 1 unspecified atom stereocenters. The highest BCUT2D eigenvalue weighted by atomic mass is 35.5. The molecule has 0 saturated carbocycles. The molecule has 1 fully saturated rings. The Kier molecular flexibility index (Phi) is 8.01. The number of carbonyl (C=O) groups excluding carboxylic acids is 1. The monoisotopic (exact) mass is 330 g/mol.